The van der Waals surface area contributed by atoms with Gasteiger partial charge in [0.2, 0.25) is 10.0 Å². The Hall–Kier alpha value is -2.22. The van der Waals surface area contributed by atoms with E-state index in [1.165, 1.54) is 28.6 Å². The van der Waals surface area contributed by atoms with Crippen molar-refractivity contribution in [3.63, 3.8) is 0 Å². The van der Waals surface area contributed by atoms with Gasteiger partial charge in [0.25, 0.3) is 5.91 Å². The Kier molecular flexibility index (Phi) is 6.69. The fourth-order valence-corrected chi connectivity index (χ4v) is 3.77. The molecule has 0 aromatic heterocycles. The van der Waals surface area contributed by atoms with Gasteiger partial charge < -0.3 is 0 Å². The molecule has 0 saturated carbocycles. The Bertz CT molecular complexity index is 786. The Balaban J connectivity index is 1.98. The van der Waals surface area contributed by atoms with E-state index in [1.807, 2.05) is 30.3 Å². The van der Waals surface area contributed by atoms with Gasteiger partial charge in [0, 0.05) is 18.7 Å². The second kappa shape index (κ2) is 8.75. The second-order valence-corrected chi connectivity index (χ2v) is 7.26. The molecule has 6 nitrogen and oxygen atoms in total. The standard InChI is InChI=1S/C18H22N2O4S/c1-3-20(4-2)25(22,23)17-12-10-16(11-13-17)18(21)19-24-14-15-8-6-5-7-9-15/h5-13H,3-4,14H2,1-2H3,(H,19,21). The van der Waals surface area contributed by atoms with Crippen molar-refractivity contribution in [3.8, 4) is 0 Å². The van der Waals surface area contributed by atoms with Crippen molar-refractivity contribution in [2.45, 2.75) is 25.3 Å². The van der Waals surface area contributed by atoms with Crippen LogP contribution in [0, 0.1) is 0 Å². The minimum absolute atomic E-state index is 0.165. The minimum atomic E-state index is -3.53. The highest BCUT2D eigenvalue weighted by atomic mass is 32.2. The van der Waals surface area contributed by atoms with Crippen LogP contribution in [-0.2, 0) is 21.5 Å². The topological polar surface area (TPSA) is 75.7 Å². The first-order valence-corrected chi connectivity index (χ1v) is 9.49. The third-order valence-electron chi connectivity index (χ3n) is 3.71. The summed E-state index contributed by atoms with van der Waals surface area (Å²) in [5.41, 5.74) is 3.61. The number of nitrogens with zero attached hydrogens (tertiary/aromatic N) is 1. The Labute approximate surface area is 148 Å². The molecule has 0 saturated heterocycles. The van der Waals surface area contributed by atoms with E-state index in [0.29, 0.717) is 18.7 Å². The van der Waals surface area contributed by atoms with Crippen molar-refractivity contribution in [1.82, 2.24) is 9.79 Å². The van der Waals surface area contributed by atoms with Gasteiger partial charge in [-0.3, -0.25) is 9.63 Å². The van der Waals surface area contributed by atoms with Gasteiger partial charge in [-0.25, -0.2) is 13.9 Å². The monoisotopic (exact) mass is 362 g/mol. The SMILES string of the molecule is CCN(CC)S(=O)(=O)c1ccc(C(=O)NOCc2ccccc2)cc1. The molecule has 0 heterocycles. The summed E-state index contributed by atoms with van der Waals surface area (Å²) < 4.78 is 26.2. The Morgan fingerprint density at radius 1 is 1.00 bits per heavy atom. The minimum Gasteiger partial charge on any atom is -0.269 e. The molecule has 2 aromatic rings. The van der Waals surface area contributed by atoms with Crippen LogP contribution in [0.15, 0.2) is 59.5 Å². The number of benzene rings is 2. The first-order valence-electron chi connectivity index (χ1n) is 8.05. The fraction of sp³-hybridized carbons (Fsp3) is 0.278. The number of carbonyl (C=O) groups is 1. The highest BCUT2D eigenvalue weighted by Gasteiger charge is 2.21. The van der Waals surface area contributed by atoms with Crippen LogP contribution in [0.1, 0.15) is 29.8 Å². The summed E-state index contributed by atoms with van der Waals surface area (Å²) in [4.78, 5) is 17.4. The molecule has 0 fully saturated rings. The number of amides is 1. The zero-order chi connectivity index (χ0) is 18.3. The van der Waals surface area contributed by atoms with Gasteiger partial charge in [0.15, 0.2) is 0 Å². The number of rotatable bonds is 8. The van der Waals surface area contributed by atoms with E-state index in [0.717, 1.165) is 5.56 Å². The highest BCUT2D eigenvalue weighted by Crippen LogP contribution is 2.16. The Morgan fingerprint density at radius 2 is 1.60 bits per heavy atom. The molecule has 0 aliphatic heterocycles. The largest absolute Gasteiger partial charge is 0.274 e. The molecule has 0 aliphatic rings. The smallest absolute Gasteiger partial charge is 0.269 e. The lowest BCUT2D eigenvalue weighted by molar-refractivity contribution is 0.0233. The number of hydroxylamine groups is 1. The summed E-state index contributed by atoms with van der Waals surface area (Å²) in [6.07, 6.45) is 0. The number of sulfonamides is 1. The molecule has 0 spiro atoms. The van der Waals surface area contributed by atoms with Crippen LogP contribution >= 0.6 is 0 Å². The number of nitrogens with one attached hydrogen (secondary N) is 1. The van der Waals surface area contributed by atoms with Crippen LogP contribution in [0.2, 0.25) is 0 Å². The molecule has 2 rings (SSSR count). The lowest BCUT2D eigenvalue weighted by Gasteiger charge is -2.18. The summed E-state index contributed by atoms with van der Waals surface area (Å²) in [5, 5.41) is 0. The summed E-state index contributed by atoms with van der Waals surface area (Å²) in [6, 6.07) is 15.2. The van der Waals surface area contributed by atoms with E-state index in [4.69, 9.17) is 4.84 Å². The van der Waals surface area contributed by atoms with Gasteiger partial charge in [0.1, 0.15) is 0 Å². The quantitative estimate of drug-likeness (QED) is 0.733. The van der Waals surface area contributed by atoms with E-state index < -0.39 is 15.9 Å². The first-order chi connectivity index (χ1) is 12.0. The summed E-state index contributed by atoms with van der Waals surface area (Å²) >= 11 is 0. The molecule has 25 heavy (non-hydrogen) atoms. The fourth-order valence-electron chi connectivity index (χ4n) is 2.31. The molecule has 1 N–H and O–H groups in total. The number of hydrogen-bond acceptors (Lipinski definition) is 4. The maximum Gasteiger partial charge on any atom is 0.274 e. The third-order valence-corrected chi connectivity index (χ3v) is 5.77. The van der Waals surface area contributed by atoms with E-state index in [2.05, 4.69) is 5.48 Å². The molecule has 0 radical (unpaired) electrons. The molecule has 134 valence electrons. The molecule has 2 aromatic carbocycles. The van der Waals surface area contributed by atoms with Gasteiger partial charge in [0.05, 0.1) is 11.5 Å². The molecule has 7 heteroatoms. The molecule has 0 aliphatic carbocycles. The Morgan fingerprint density at radius 3 is 2.16 bits per heavy atom. The zero-order valence-corrected chi connectivity index (χ0v) is 15.1. The van der Waals surface area contributed by atoms with E-state index in [-0.39, 0.29) is 11.5 Å². The van der Waals surface area contributed by atoms with Crippen LogP contribution in [0.25, 0.3) is 0 Å². The van der Waals surface area contributed by atoms with E-state index in [1.54, 1.807) is 13.8 Å². The van der Waals surface area contributed by atoms with E-state index in [9.17, 15) is 13.2 Å². The molecule has 0 bridgehead atoms. The lowest BCUT2D eigenvalue weighted by Crippen LogP contribution is -2.30. The van der Waals surface area contributed by atoms with Crippen molar-refractivity contribution < 1.29 is 18.0 Å². The normalized spacial score (nSPS) is 11.5. The van der Waals surface area contributed by atoms with Crippen LogP contribution in [0.3, 0.4) is 0 Å². The molecular weight excluding hydrogens is 340 g/mol. The third kappa shape index (κ3) is 4.88. The summed E-state index contributed by atoms with van der Waals surface area (Å²) in [6.45, 7) is 4.61. The second-order valence-electron chi connectivity index (χ2n) is 5.32. The van der Waals surface area contributed by atoms with Gasteiger partial charge in [-0.15, -0.1) is 0 Å². The van der Waals surface area contributed by atoms with Crippen molar-refractivity contribution in [3.05, 3.63) is 65.7 Å². The van der Waals surface area contributed by atoms with Gasteiger partial charge >= 0.3 is 0 Å². The molecule has 0 unspecified atom stereocenters. The van der Waals surface area contributed by atoms with Gasteiger partial charge in [-0.1, -0.05) is 44.2 Å². The average Bonchev–Trinajstić information content (AvgIpc) is 2.63. The summed E-state index contributed by atoms with van der Waals surface area (Å²) in [7, 11) is -3.53. The van der Waals surface area contributed by atoms with Crippen molar-refractivity contribution in [1.29, 1.82) is 0 Å². The summed E-state index contributed by atoms with van der Waals surface area (Å²) in [5.74, 6) is -0.428. The van der Waals surface area contributed by atoms with Crippen LogP contribution in [-0.4, -0.2) is 31.7 Å². The lowest BCUT2D eigenvalue weighted by atomic mass is 10.2. The van der Waals surface area contributed by atoms with Crippen molar-refractivity contribution >= 4 is 15.9 Å². The average molecular weight is 362 g/mol. The van der Waals surface area contributed by atoms with Crippen LogP contribution in [0.5, 0.6) is 0 Å². The van der Waals surface area contributed by atoms with E-state index >= 15 is 0 Å². The molecular formula is C18H22N2O4S. The zero-order valence-electron chi connectivity index (χ0n) is 14.3. The van der Waals surface area contributed by atoms with Crippen LogP contribution in [0.4, 0.5) is 0 Å². The first kappa shape index (κ1) is 19.1. The molecule has 1 amide bonds. The maximum absolute atomic E-state index is 12.4. The van der Waals surface area contributed by atoms with Crippen LogP contribution < -0.4 is 5.48 Å². The molecule has 0 atom stereocenters. The highest BCUT2D eigenvalue weighted by molar-refractivity contribution is 7.89. The number of carbonyl (C=O) groups excluding carboxylic acids is 1. The number of hydrogen-bond donors (Lipinski definition) is 1. The van der Waals surface area contributed by atoms with Crippen molar-refractivity contribution in [2.24, 2.45) is 0 Å². The van der Waals surface area contributed by atoms with Gasteiger partial charge in [-0.05, 0) is 29.8 Å². The predicted molar refractivity (Wildman–Crippen MR) is 95.2 cm³/mol. The predicted octanol–water partition coefficient (Wildman–Crippen LogP) is 2.58. The van der Waals surface area contributed by atoms with Crippen molar-refractivity contribution in [2.75, 3.05) is 13.1 Å². The van der Waals surface area contributed by atoms with Gasteiger partial charge in [-0.2, -0.15) is 4.31 Å². The maximum atomic E-state index is 12.4.